The van der Waals surface area contributed by atoms with Gasteiger partial charge in [-0.25, -0.2) is 0 Å². The molecule has 6 atom stereocenters. The van der Waals surface area contributed by atoms with Crippen molar-refractivity contribution < 1.29 is 30.0 Å². The fourth-order valence-electron chi connectivity index (χ4n) is 2.54. The first-order valence-electron chi connectivity index (χ1n) is 7.99. The van der Waals surface area contributed by atoms with Gasteiger partial charge in [-0.05, 0) is 32.6 Å². The first kappa shape index (κ1) is 20.1. The van der Waals surface area contributed by atoms with Crippen LogP contribution >= 0.6 is 0 Å². The van der Waals surface area contributed by atoms with E-state index in [1.54, 1.807) is 0 Å². The van der Waals surface area contributed by atoms with Gasteiger partial charge in [0.15, 0.2) is 6.23 Å². The number of ether oxygens (including phenoxy) is 1. The van der Waals surface area contributed by atoms with Crippen molar-refractivity contribution in [2.45, 2.75) is 70.7 Å². The maximum absolute atomic E-state index is 12.0. The summed E-state index contributed by atoms with van der Waals surface area (Å²) in [5.74, 6) is -0.113. The zero-order chi connectivity index (χ0) is 17.6. The molecule has 0 bridgehead atoms. The highest BCUT2D eigenvalue weighted by Crippen LogP contribution is 2.23. The predicted molar refractivity (Wildman–Crippen MR) is 84.4 cm³/mol. The fraction of sp³-hybridized carbons (Fsp3) is 0.812. The van der Waals surface area contributed by atoms with Crippen LogP contribution in [0.15, 0.2) is 11.6 Å². The summed E-state index contributed by atoms with van der Waals surface area (Å²) in [5.41, 5.74) is 1.24. The lowest BCUT2D eigenvalue weighted by atomic mass is 10.0. The van der Waals surface area contributed by atoms with E-state index in [-0.39, 0.29) is 18.2 Å². The Morgan fingerprint density at radius 2 is 1.96 bits per heavy atom. The third-order valence-electron chi connectivity index (χ3n) is 3.92. The number of aliphatic hydroxyl groups excluding tert-OH is 4. The van der Waals surface area contributed by atoms with E-state index in [2.05, 4.69) is 11.4 Å². The summed E-state index contributed by atoms with van der Waals surface area (Å²) in [6.07, 6.45) is -2.05. The number of nitrogens with one attached hydrogen (secondary N) is 1. The molecule has 7 nitrogen and oxygen atoms in total. The summed E-state index contributed by atoms with van der Waals surface area (Å²) in [7, 11) is 0. The van der Waals surface area contributed by atoms with Crippen molar-refractivity contribution in [2.24, 2.45) is 5.92 Å². The minimum atomic E-state index is -1.36. The topological polar surface area (TPSA) is 119 Å². The van der Waals surface area contributed by atoms with Gasteiger partial charge >= 0.3 is 0 Å². The lowest BCUT2D eigenvalue weighted by molar-refractivity contribution is -0.130. The molecule has 1 heterocycles. The van der Waals surface area contributed by atoms with Crippen molar-refractivity contribution in [3.05, 3.63) is 11.6 Å². The molecule has 0 aromatic carbocycles. The molecule has 1 aliphatic heterocycles. The molecule has 7 heteroatoms. The molecule has 1 saturated heterocycles. The number of allylic oxidation sites excluding steroid dienone is 2. The number of rotatable bonds is 8. The Kier molecular flexibility index (Phi) is 8.15. The van der Waals surface area contributed by atoms with Crippen molar-refractivity contribution in [2.75, 3.05) is 6.61 Å². The van der Waals surface area contributed by atoms with E-state index in [0.717, 1.165) is 12.8 Å². The average Bonchev–Trinajstić information content (AvgIpc) is 2.74. The predicted octanol–water partition coefficient (Wildman–Crippen LogP) is -0.325. The number of hydrogen-bond acceptors (Lipinski definition) is 6. The SMILES string of the molecule is CC(C)=CCCC(C)CC(=O)N[C@@H]1O[C@@H]([C@H](O)CO)[C@H](O)[C@H]1O. The standard InChI is InChI=1S/C16H29NO6/c1-9(2)5-4-6-10(3)7-12(20)17-16-14(22)13(21)15(23-16)11(19)8-18/h5,10-11,13-16,18-19,21-22H,4,6-8H2,1-3H3,(H,17,20)/t10?,11-,13-,14-,15+,16-/m1/s1. The van der Waals surface area contributed by atoms with Crippen molar-refractivity contribution in [1.82, 2.24) is 5.32 Å². The van der Waals surface area contributed by atoms with Gasteiger partial charge in [-0.1, -0.05) is 18.6 Å². The van der Waals surface area contributed by atoms with E-state index in [4.69, 9.17) is 9.84 Å². The number of aliphatic hydroxyl groups is 4. The molecule has 1 amide bonds. The van der Waals surface area contributed by atoms with Crippen LogP contribution in [0, 0.1) is 5.92 Å². The normalized spacial score (nSPS) is 29.9. The highest BCUT2D eigenvalue weighted by Gasteiger charge is 2.46. The van der Waals surface area contributed by atoms with E-state index in [1.807, 2.05) is 20.8 Å². The number of amides is 1. The summed E-state index contributed by atoms with van der Waals surface area (Å²) in [6, 6.07) is 0. The van der Waals surface area contributed by atoms with E-state index < -0.39 is 37.3 Å². The van der Waals surface area contributed by atoms with Crippen LogP contribution in [0.3, 0.4) is 0 Å². The maximum atomic E-state index is 12.0. The molecule has 1 unspecified atom stereocenters. The quantitative estimate of drug-likeness (QED) is 0.389. The third kappa shape index (κ3) is 6.19. The van der Waals surface area contributed by atoms with Crippen LogP contribution in [-0.4, -0.2) is 63.6 Å². The Bertz CT molecular complexity index is 409. The van der Waals surface area contributed by atoms with E-state index in [0.29, 0.717) is 0 Å². The average molecular weight is 331 g/mol. The van der Waals surface area contributed by atoms with Gasteiger partial charge in [-0.15, -0.1) is 0 Å². The van der Waals surface area contributed by atoms with Crippen LogP contribution < -0.4 is 5.32 Å². The molecule has 1 aliphatic rings. The minimum absolute atomic E-state index is 0.174. The molecular formula is C16H29NO6. The Labute approximate surface area is 137 Å². The zero-order valence-electron chi connectivity index (χ0n) is 14.0. The van der Waals surface area contributed by atoms with Crippen LogP contribution in [0.1, 0.15) is 40.0 Å². The number of hydrogen-bond donors (Lipinski definition) is 5. The van der Waals surface area contributed by atoms with E-state index >= 15 is 0 Å². The summed E-state index contributed by atoms with van der Waals surface area (Å²) in [5, 5.41) is 40.6. The first-order chi connectivity index (χ1) is 10.8. The van der Waals surface area contributed by atoms with Crippen molar-refractivity contribution >= 4 is 5.91 Å². The molecule has 134 valence electrons. The second-order valence-electron chi connectivity index (χ2n) is 6.49. The molecule has 0 aromatic rings. The second kappa shape index (κ2) is 9.34. The Morgan fingerprint density at radius 1 is 1.30 bits per heavy atom. The van der Waals surface area contributed by atoms with Crippen LogP contribution in [0.5, 0.6) is 0 Å². The smallest absolute Gasteiger partial charge is 0.222 e. The molecule has 5 N–H and O–H groups in total. The Balaban J connectivity index is 2.43. The Morgan fingerprint density at radius 3 is 2.52 bits per heavy atom. The molecule has 23 heavy (non-hydrogen) atoms. The van der Waals surface area contributed by atoms with Gasteiger partial charge in [0.1, 0.15) is 24.4 Å². The molecule has 1 rings (SSSR count). The Hall–Kier alpha value is -0.990. The highest BCUT2D eigenvalue weighted by atomic mass is 16.6. The van der Waals surface area contributed by atoms with Crippen LogP contribution in [0.4, 0.5) is 0 Å². The zero-order valence-corrected chi connectivity index (χ0v) is 14.0. The van der Waals surface area contributed by atoms with E-state index in [1.165, 1.54) is 5.57 Å². The molecule has 1 fully saturated rings. The van der Waals surface area contributed by atoms with Gasteiger partial charge in [0.2, 0.25) is 5.91 Å². The van der Waals surface area contributed by atoms with Gasteiger partial charge in [0.05, 0.1) is 6.61 Å². The molecule has 0 aromatic heterocycles. The molecular weight excluding hydrogens is 302 g/mol. The van der Waals surface area contributed by atoms with Crippen LogP contribution in [0.2, 0.25) is 0 Å². The van der Waals surface area contributed by atoms with Crippen molar-refractivity contribution in [3.63, 3.8) is 0 Å². The number of carbonyl (C=O) groups is 1. The third-order valence-corrected chi connectivity index (χ3v) is 3.92. The summed E-state index contributed by atoms with van der Waals surface area (Å²) < 4.78 is 5.25. The monoisotopic (exact) mass is 331 g/mol. The minimum Gasteiger partial charge on any atom is -0.394 e. The van der Waals surface area contributed by atoms with Gasteiger partial charge < -0.3 is 30.5 Å². The summed E-state index contributed by atoms with van der Waals surface area (Å²) in [4.78, 5) is 12.0. The fourth-order valence-corrected chi connectivity index (χ4v) is 2.54. The molecule has 0 aliphatic carbocycles. The lowest BCUT2D eigenvalue weighted by Crippen LogP contribution is -2.44. The number of carbonyl (C=O) groups excluding carboxylic acids is 1. The van der Waals surface area contributed by atoms with Gasteiger partial charge in [0.25, 0.3) is 0 Å². The molecule has 0 spiro atoms. The second-order valence-corrected chi connectivity index (χ2v) is 6.49. The van der Waals surface area contributed by atoms with Gasteiger partial charge in [-0.2, -0.15) is 0 Å². The lowest BCUT2D eigenvalue weighted by Gasteiger charge is -2.19. The van der Waals surface area contributed by atoms with Gasteiger partial charge in [0, 0.05) is 6.42 Å². The molecule has 0 saturated carbocycles. The van der Waals surface area contributed by atoms with Crippen molar-refractivity contribution in [1.29, 1.82) is 0 Å². The summed E-state index contributed by atoms with van der Waals surface area (Å²) in [6.45, 7) is 5.42. The largest absolute Gasteiger partial charge is 0.394 e. The van der Waals surface area contributed by atoms with Crippen LogP contribution in [-0.2, 0) is 9.53 Å². The first-order valence-corrected chi connectivity index (χ1v) is 7.99. The van der Waals surface area contributed by atoms with E-state index in [9.17, 15) is 20.1 Å². The summed E-state index contributed by atoms with van der Waals surface area (Å²) >= 11 is 0. The van der Waals surface area contributed by atoms with Crippen molar-refractivity contribution in [3.8, 4) is 0 Å². The maximum Gasteiger partial charge on any atom is 0.222 e. The van der Waals surface area contributed by atoms with Gasteiger partial charge in [-0.3, -0.25) is 4.79 Å². The molecule has 0 radical (unpaired) electrons. The van der Waals surface area contributed by atoms with Crippen LogP contribution in [0.25, 0.3) is 0 Å². The highest BCUT2D eigenvalue weighted by molar-refractivity contribution is 5.76.